The first-order chi connectivity index (χ1) is 9.83. The first-order valence-electron chi connectivity index (χ1n) is 6.52. The molecule has 0 atom stereocenters. The Morgan fingerprint density at radius 2 is 1.67 bits per heavy atom. The van der Waals surface area contributed by atoms with Crippen LogP contribution in [-0.2, 0) is 4.79 Å². The summed E-state index contributed by atoms with van der Waals surface area (Å²) in [5.74, 6) is -6.44. The molecule has 7 heteroatoms. The molecule has 2 N–H and O–H groups in total. The highest BCUT2D eigenvalue weighted by molar-refractivity contribution is 5.95. The van der Waals surface area contributed by atoms with Crippen LogP contribution in [0.15, 0.2) is 12.1 Å². The molecule has 0 bridgehead atoms. The van der Waals surface area contributed by atoms with E-state index in [0.717, 1.165) is 12.8 Å². The quantitative estimate of drug-likeness (QED) is 0.840. The second-order valence-electron chi connectivity index (χ2n) is 5.27. The maximum atomic E-state index is 13.1. The Balaban J connectivity index is 2.21. The predicted octanol–water partition coefficient (Wildman–Crippen LogP) is 2.62. The largest absolute Gasteiger partial charge is 0.481 e. The number of carbonyl (C=O) groups is 2. The van der Waals surface area contributed by atoms with Crippen LogP contribution >= 0.6 is 0 Å². The van der Waals surface area contributed by atoms with Crippen LogP contribution in [0, 0.1) is 17.5 Å². The molecule has 0 aromatic heterocycles. The van der Waals surface area contributed by atoms with Crippen molar-refractivity contribution in [3.63, 3.8) is 0 Å². The van der Waals surface area contributed by atoms with E-state index in [2.05, 4.69) is 5.32 Å². The SMILES string of the molecule is O=C(O)CC1(NC(=O)c2cc(F)c(F)c(F)c2)CCCC1. The van der Waals surface area contributed by atoms with Gasteiger partial charge in [-0.05, 0) is 25.0 Å². The number of amides is 1. The molecule has 1 aromatic rings. The molecular formula is C14H14F3NO3. The third-order valence-electron chi connectivity index (χ3n) is 3.67. The molecule has 2 rings (SSSR count). The summed E-state index contributed by atoms with van der Waals surface area (Å²) in [7, 11) is 0. The summed E-state index contributed by atoms with van der Waals surface area (Å²) in [6.07, 6.45) is 2.23. The number of carbonyl (C=O) groups excluding carboxylic acids is 1. The topological polar surface area (TPSA) is 66.4 Å². The minimum absolute atomic E-state index is 0.259. The number of nitrogens with one attached hydrogen (secondary N) is 1. The highest BCUT2D eigenvalue weighted by Gasteiger charge is 2.37. The van der Waals surface area contributed by atoms with E-state index in [-0.39, 0.29) is 12.0 Å². The number of rotatable bonds is 4. The molecule has 1 saturated carbocycles. The van der Waals surface area contributed by atoms with E-state index in [1.54, 1.807) is 0 Å². The zero-order chi connectivity index (χ0) is 15.6. The second kappa shape index (κ2) is 5.75. The van der Waals surface area contributed by atoms with E-state index in [1.165, 1.54) is 0 Å². The smallest absolute Gasteiger partial charge is 0.305 e. The number of hydrogen-bond donors (Lipinski definition) is 2. The predicted molar refractivity (Wildman–Crippen MR) is 67.2 cm³/mol. The Hall–Kier alpha value is -2.05. The summed E-state index contributed by atoms with van der Waals surface area (Å²) >= 11 is 0. The van der Waals surface area contributed by atoms with E-state index in [0.29, 0.717) is 25.0 Å². The molecule has 4 nitrogen and oxygen atoms in total. The van der Waals surface area contributed by atoms with Crippen LogP contribution < -0.4 is 5.32 Å². The van der Waals surface area contributed by atoms with Crippen molar-refractivity contribution in [2.75, 3.05) is 0 Å². The Morgan fingerprint density at radius 1 is 1.14 bits per heavy atom. The first-order valence-corrected chi connectivity index (χ1v) is 6.52. The zero-order valence-corrected chi connectivity index (χ0v) is 11.1. The zero-order valence-electron chi connectivity index (χ0n) is 11.1. The van der Waals surface area contributed by atoms with Crippen LogP contribution in [0.25, 0.3) is 0 Å². The lowest BCUT2D eigenvalue weighted by Crippen LogP contribution is -2.47. The van der Waals surface area contributed by atoms with Crippen molar-refractivity contribution >= 4 is 11.9 Å². The summed E-state index contributed by atoms with van der Waals surface area (Å²) in [6, 6.07) is 1.19. The molecule has 21 heavy (non-hydrogen) atoms. The molecule has 114 valence electrons. The number of benzene rings is 1. The molecule has 0 radical (unpaired) electrons. The Labute approximate surface area is 119 Å². The highest BCUT2D eigenvalue weighted by Crippen LogP contribution is 2.33. The van der Waals surface area contributed by atoms with Gasteiger partial charge in [0.05, 0.1) is 12.0 Å². The lowest BCUT2D eigenvalue weighted by Gasteiger charge is -2.28. The summed E-state index contributed by atoms with van der Waals surface area (Å²) < 4.78 is 39.1. The molecule has 1 aromatic carbocycles. The van der Waals surface area contributed by atoms with Crippen molar-refractivity contribution in [2.24, 2.45) is 0 Å². The fourth-order valence-corrected chi connectivity index (χ4v) is 2.69. The van der Waals surface area contributed by atoms with E-state index in [4.69, 9.17) is 5.11 Å². The highest BCUT2D eigenvalue weighted by atomic mass is 19.2. The van der Waals surface area contributed by atoms with Gasteiger partial charge in [-0.3, -0.25) is 9.59 Å². The van der Waals surface area contributed by atoms with Gasteiger partial charge in [-0.25, -0.2) is 13.2 Å². The molecule has 0 spiro atoms. The monoisotopic (exact) mass is 301 g/mol. The minimum atomic E-state index is -1.65. The van der Waals surface area contributed by atoms with Crippen LogP contribution in [0.1, 0.15) is 42.5 Å². The van der Waals surface area contributed by atoms with Crippen LogP contribution in [0.4, 0.5) is 13.2 Å². The normalized spacial score (nSPS) is 16.7. The fourth-order valence-electron chi connectivity index (χ4n) is 2.69. The van der Waals surface area contributed by atoms with Crippen LogP contribution in [0.5, 0.6) is 0 Å². The van der Waals surface area contributed by atoms with Crippen molar-refractivity contribution in [2.45, 2.75) is 37.6 Å². The van der Waals surface area contributed by atoms with E-state index < -0.39 is 34.9 Å². The van der Waals surface area contributed by atoms with Gasteiger partial charge in [-0.1, -0.05) is 12.8 Å². The van der Waals surface area contributed by atoms with E-state index in [1.807, 2.05) is 0 Å². The summed E-state index contributed by atoms with van der Waals surface area (Å²) in [6.45, 7) is 0. The molecule has 0 aliphatic heterocycles. The average molecular weight is 301 g/mol. The molecule has 1 aliphatic carbocycles. The number of hydrogen-bond acceptors (Lipinski definition) is 2. The lowest BCUT2D eigenvalue weighted by molar-refractivity contribution is -0.138. The van der Waals surface area contributed by atoms with Gasteiger partial charge in [0.15, 0.2) is 17.5 Å². The maximum Gasteiger partial charge on any atom is 0.305 e. The molecular weight excluding hydrogens is 287 g/mol. The van der Waals surface area contributed by atoms with Crippen LogP contribution in [0.2, 0.25) is 0 Å². The summed E-state index contributed by atoms with van der Waals surface area (Å²) in [5.41, 5.74) is -1.28. The molecule has 0 heterocycles. The maximum absolute atomic E-state index is 13.1. The van der Waals surface area contributed by atoms with Crippen molar-refractivity contribution in [3.8, 4) is 0 Å². The molecule has 0 saturated heterocycles. The molecule has 1 amide bonds. The second-order valence-corrected chi connectivity index (χ2v) is 5.27. The third-order valence-corrected chi connectivity index (χ3v) is 3.67. The van der Waals surface area contributed by atoms with Crippen molar-refractivity contribution < 1.29 is 27.9 Å². The van der Waals surface area contributed by atoms with Crippen molar-refractivity contribution in [3.05, 3.63) is 35.1 Å². The molecule has 0 unspecified atom stereocenters. The average Bonchev–Trinajstić information content (AvgIpc) is 2.82. The standard InChI is InChI=1S/C14H14F3NO3/c15-9-5-8(6-10(16)12(9)17)13(21)18-14(7-11(19)20)3-1-2-4-14/h5-6H,1-4,7H2,(H,18,21)(H,19,20). The Kier molecular flexibility index (Phi) is 4.20. The van der Waals surface area contributed by atoms with Gasteiger partial charge in [0.25, 0.3) is 5.91 Å². The van der Waals surface area contributed by atoms with Gasteiger partial charge in [-0.2, -0.15) is 0 Å². The van der Waals surface area contributed by atoms with Gasteiger partial charge < -0.3 is 10.4 Å². The number of aliphatic carboxylic acids is 1. The van der Waals surface area contributed by atoms with Gasteiger partial charge in [0, 0.05) is 5.56 Å². The van der Waals surface area contributed by atoms with Gasteiger partial charge in [0.1, 0.15) is 0 Å². The molecule has 1 aliphatic rings. The van der Waals surface area contributed by atoms with Crippen molar-refractivity contribution in [1.82, 2.24) is 5.32 Å². The van der Waals surface area contributed by atoms with E-state index >= 15 is 0 Å². The van der Waals surface area contributed by atoms with Gasteiger partial charge in [0.2, 0.25) is 0 Å². The van der Waals surface area contributed by atoms with Crippen LogP contribution in [-0.4, -0.2) is 22.5 Å². The Morgan fingerprint density at radius 3 is 2.14 bits per heavy atom. The van der Waals surface area contributed by atoms with E-state index in [9.17, 15) is 22.8 Å². The summed E-state index contributed by atoms with van der Waals surface area (Å²) in [4.78, 5) is 23.0. The minimum Gasteiger partial charge on any atom is -0.481 e. The lowest BCUT2D eigenvalue weighted by atomic mass is 9.92. The number of halogens is 3. The van der Waals surface area contributed by atoms with Crippen molar-refractivity contribution in [1.29, 1.82) is 0 Å². The third kappa shape index (κ3) is 3.34. The number of carboxylic acid groups (broad SMARTS) is 1. The molecule has 1 fully saturated rings. The first kappa shape index (κ1) is 15.3. The summed E-state index contributed by atoms with van der Waals surface area (Å²) in [5, 5.41) is 11.5. The fraction of sp³-hybridized carbons (Fsp3) is 0.429. The van der Waals surface area contributed by atoms with Crippen LogP contribution in [0.3, 0.4) is 0 Å². The number of carboxylic acids is 1. The van der Waals surface area contributed by atoms with Gasteiger partial charge in [-0.15, -0.1) is 0 Å². The Bertz CT molecular complexity index is 560. The van der Waals surface area contributed by atoms with Gasteiger partial charge >= 0.3 is 5.97 Å².